The van der Waals surface area contributed by atoms with Crippen LogP contribution in [0.1, 0.15) is 12.0 Å². The predicted octanol–water partition coefficient (Wildman–Crippen LogP) is 1.44. The lowest BCUT2D eigenvalue weighted by molar-refractivity contribution is -0.144. The highest BCUT2D eigenvalue weighted by atomic mass is 19.4. The molecule has 1 heterocycles. The Hall–Kier alpha value is -2.32. The van der Waals surface area contributed by atoms with Gasteiger partial charge in [0, 0.05) is 6.20 Å². The van der Waals surface area contributed by atoms with Crippen molar-refractivity contribution in [3.8, 4) is 0 Å². The summed E-state index contributed by atoms with van der Waals surface area (Å²) in [6.07, 6.45) is -4.74. The van der Waals surface area contributed by atoms with E-state index in [1.54, 1.807) is 0 Å². The molecular weight excluding hydrogens is 269 g/mol. The number of aliphatic carboxylic acids is 2. The number of carboxylic acids is 2. The summed E-state index contributed by atoms with van der Waals surface area (Å²) in [5, 5.41) is 19.5. The first-order chi connectivity index (χ1) is 8.70. The summed E-state index contributed by atoms with van der Waals surface area (Å²) >= 11 is 0. The lowest BCUT2D eigenvalue weighted by Gasteiger charge is -2.13. The second-order valence-electron chi connectivity index (χ2n) is 3.56. The maximum absolute atomic E-state index is 12.3. The molecule has 0 aromatic carbocycles. The SMILES string of the molecule is O=C(O)CC(Nc1ccc(C(F)(F)F)cn1)C(=O)O. The Kier molecular flexibility index (Phi) is 4.30. The average Bonchev–Trinajstić information content (AvgIpc) is 2.27. The lowest BCUT2D eigenvalue weighted by atomic mass is 10.2. The van der Waals surface area contributed by atoms with Gasteiger partial charge in [0.15, 0.2) is 0 Å². The number of alkyl halides is 3. The highest BCUT2D eigenvalue weighted by Crippen LogP contribution is 2.28. The molecule has 0 saturated heterocycles. The number of aromatic nitrogens is 1. The lowest BCUT2D eigenvalue weighted by Crippen LogP contribution is -2.32. The maximum Gasteiger partial charge on any atom is 0.417 e. The summed E-state index contributed by atoms with van der Waals surface area (Å²) in [4.78, 5) is 24.5. The van der Waals surface area contributed by atoms with Crippen LogP contribution in [0.25, 0.3) is 0 Å². The topological polar surface area (TPSA) is 99.5 Å². The molecule has 0 radical (unpaired) electrons. The molecule has 1 aromatic rings. The van der Waals surface area contributed by atoms with Crippen molar-refractivity contribution in [1.29, 1.82) is 0 Å². The quantitative estimate of drug-likeness (QED) is 0.753. The van der Waals surface area contributed by atoms with Crippen LogP contribution in [0.15, 0.2) is 18.3 Å². The smallest absolute Gasteiger partial charge is 0.417 e. The van der Waals surface area contributed by atoms with Crippen molar-refractivity contribution in [2.75, 3.05) is 5.32 Å². The molecule has 9 heteroatoms. The number of halogens is 3. The van der Waals surface area contributed by atoms with E-state index in [4.69, 9.17) is 10.2 Å². The number of carbonyl (C=O) groups is 2. The third-order valence-corrected chi connectivity index (χ3v) is 2.09. The van der Waals surface area contributed by atoms with Gasteiger partial charge in [-0.25, -0.2) is 9.78 Å². The van der Waals surface area contributed by atoms with E-state index in [0.717, 1.165) is 12.1 Å². The van der Waals surface area contributed by atoms with Crippen molar-refractivity contribution in [1.82, 2.24) is 4.98 Å². The molecule has 0 amide bonds. The Balaban J connectivity index is 2.81. The molecule has 0 aliphatic rings. The first-order valence-electron chi connectivity index (χ1n) is 4.94. The highest BCUT2D eigenvalue weighted by Gasteiger charge is 2.31. The van der Waals surface area contributed by atoms with Gasteiger partial charge in [0.2, 0.25) is 0 Å². The Labute approximate surface area is 104 Å². The molecule has 104 valence electrons. The molecule has 0 aliphatic heterocycles. The Morgan fingerprint density at radius 1 is 1.32 bits per heavy atom. The number of rotatable bonds is 5. The largest absolute Gasteiger partial charge is 0.481 e. The molecule has 1 aromatic heterocycles. The van der Waals surface area contributed by atoms with E-state index in [9.17, 15) is 22.8 Å². The van der Waals surface area contributed by atoms with Gasteiger partial charge in [-0.05, 0) is 12.1 Å². The number of nitrogens with one attached hydrogen (secondary N) is 1. The second kappa shape index (κ2) is 5.55. The van der Waals surface area contributed by atoms with Crippen LogP contribution < -0.4 is 5.32 Å². The summed E-state index contributed by atoms with van der Waals surface area (Å²) in [7, 11) is 0. The molecule has 0 spiro atoms. The van der Waals surface area contributed by atoms with Crippen LogP contribution in [-0.2, 0) is 15.8 Å². The molecule has 3 N–H and O–H groups in total. The fourth-order valence-corrected chi connectivity index (χ4v) is 1.20. The monoisotopic (exact) mass is 278 g/mol. The molecule has 1 atom stereocenters. The number of anilines is 1. The molecule has 19 heavy (non-hydrogen) atoms. The number of hydrogen-bond acceptors (Lipinski definition) is 4. The van der Waals surface area contributed by atoms with Gasteiger partial charge in [-0.2, -0.15) is 13.2 Å². The minimum Gasteiger partial charge on any atom is -0.481 e. The number of hydrogen-bond donors (Lipinski definition) is 3. The van der Waals surface area contributed by atoms with Crippen LogP contribution in [0.2, 0.25) is 0 Å². The molecule has 0 aliphatic carbocycles. The van der Waals surface area contributed by atoms with Gasteiger partial charge >= 0.3 is 18.1 Å². The first-order valence-corrected chi connectivity index (χ1v) is 4.94. The second-order valence-corrected chi connectivity index (χ2v) is 3.56. The van der Waals surface area contributed by atoms with Crippen LogP contribution in [0, 0.1) is 0 Å². The molecule has 0 fully saturated rings. The van der Waals surface area contributed by atoms with Crippen molar-refractivity contribution in [3.63, 3.8) is 0 Å². The Morgan fingerprint density at radius 3 is 2.32 bits per heavy atom. The van der Waals surface area contributed by atoms with Gasteiger partial charge < -0.3 is 15.5 Å². The maximum atomic E-state index is 12.3. The van der Waals surface area contributed by atoms with E-state index < -0.39 is 36.1 Å². The van der Waals surface area contributed by atoms with Crippen LogP contribution in [0.3, 0.4) is 0 Å². The molecule has 0 bridgehead atoms. The number of carboxylic acid groups (broad SMARTS) is 2. The minimum absolute atomic E-state index is 0.151. The third-order valence-electron chi connectivity index (χ3n) is 2.09. The number of nitrogens with zero attached hydrogens (tertiary/aromatic N) is 1. The van der Waals surface area contributed by atoms with Crippen LogP contribution in [0.5, 0.6) is 0 Å². The van der Waals surface area contributed by atoms with Crippen LogP contribution >= 0.6 is 0 Å². The molecular formula is C10H9F3N2O4. The van der Waals surface area contributed by atoms with E-state index in [2.05, 4.69) is 10.3 Å². The van der Waals surface area contributed by atoms with Gasteiger partial charge in [0.05, 0.1) is 12.0 Å². The average molecular weight is 278 g/mol. The Morgan fingerprint density at radius 2 is 1.95 bits per heavy atom. The van der Waals surface area contributed by atoms with Crippen molar-refractivity contribution in [3.05, 3.63) is 23.9 Å². The van der Waals surface area contributed by atoms with Crippen molar-refractivity contribution in [2.24, 2.45) is 0 Å². The molecule has 1 rings (SSSR count). The molecule has 1 unspecified atom stereocenters. The van der Waals surface area contributed by atoms with Crippen molar-refractivity contribution >= 4 is 17.8 Å². The Bertz CT molecular complexity index is 473. The van der Waals surface area contributed by atoms with Crippen LogP contribution in [0.4, 0.5) is 19.0 Å². The fraction of sp³-hybridized carbons (Fsp3) is 0.300. The fourth-order valence-electron chi connectivity index (χ4n) is 1.20. The summed E-state index contributed by atoms with van der Waals surface area (Å²) in [5.41, 5.74) is -0.983. The molecule has 6 nitrogen and oxygen atoms in total. The molecule has 0 saturated carbocycles. The summed E-state index contributed by atoms with van der Waals surface area (Å²) in [6, 6.07) is 0.178. The third kappa shape index (κ3) is 4.45. The van der Waals surface area contributed by atoms with E-state index in [-0.39, 0.29) is 5.82 Å². The zero-order valence-corrected chi connectivity index (χ0v) is 9.31. The zero-order chi connectivity index (χ0) is 14.6. The van der Waals surface area contributed by atoms with Crippen LogP contribution in [-0.4, -0.2) is 33.2 Å². The number of pyridine rings is 1. The predicted molar refractivity (Wildman–Crippen MR) is 56.5 cm³/mol. The highest BCUT2D eigenvalue weighted by molar-refractivity contribution is 5.83. The summed E-state index contributed by atoms with van der Waals surface area (Å²) in [6.45, 7) is 0. The van der Waals surface area contributed by atoms with Gasteiger partial charge in [-0.3, -0.25) is 4.79 Å². The van der Waals surface area contributed by atoms with Gasteiger partial charge in [-0.15, -0.1) is 0 Å². The van der Waals surface area contributed by atoms with Gasteiger partial charge in [-0.1, -0.05) is 0 Å². The van der Waals surface area contributed by atoms with Crippen molar-refractivity contribution in [2.45, 2.75) is 18.6 Å². The zero-order valence-electron chi connectivity index (χ0n) is 9.31. The van der Waals surface area contributed by atoms with E-state index in [0.29, 0.717) is 6.20 Å². The van der Waals surface area contributed by atoms with Crippen molar-refractivity contribution < 1.29 is 33.0 Å². The summed E-state index contributed by atoms with van der Waals surface area (Å²) in [5.74, 6) is -2.95. The minimum atomic E-state index is -4.54. The van der Waals surface area contributed by atoms with E-state index in [1.807, 2.05) is 0 Å². The van der Waals surface area contributed by atoms with Gasteiger partial charge in [0.1, 0.15) is 11.9 Å². The first kappa shape index (κ1) is 14.7. The normalized spacial score (nSPS) is 12.8. The van der Waals surface area contributed by atoms with E-state index >= 15 is 0 Å². The van der Waals surface area contributed by atoms with Gasteiger partial charge in [0.25, 0.3) is 0 Å². The summed E-state index contributed by atoms with van der Waals surface area (Å²) < 4.78 is 36.8. The van der Waals surface area contributed by atoms with E-state index in [1.165, 1.54) is 0 Å². The standard InChI is InChI=1S/C10H9F3N2O4/c11-10(12,13)5-1-2-7(14-4-5)15-6(9(18)19)3-8(16)17/h1-2,4,6H,3H2,(H,14,15)(H,16,17)(H,18,19).